The van der Waals surface area contributed by atoms with Crippen molar-refractivity contribution >= 4 is 23.1 Å². The molecule has 6 heteroatoms. The van der Waals surface area contributed by atoms with E-state index in [1.165, 1.54) is 31.5 Å². The summed E-state index contributed by atoms with van der Waals surface area (Å²) in [4.78, 5) is 11.3. The fraction of sp³-hybridized carbons (Fsp3) is 0.304. The van der Waals surface area contributed by atoms with E-state index >= 15 is 0 Å². The highest BCUT2D eigenvalue weighted by Crippen LogP contribution is 2.20. The number of aromatic nitrogens is 2. The third kappa shape index (κ3) is 5.68. The van der Waals surface area contributed by atoms with Crippen LogP contribution in [-0.4, -0.2) is 41.1 Å². The van der Waals surface area contributed by atoms with Gasteiger partial charge in [-0.2, -0.15) is 4.98 Å². The van der Waals surface area contributed by atoms with E-state index in [2.05, 4.69) is 44.6 Å². The standard InChI is InChI=1S/C23H27N5O/c1-18-5-4-6-20(17-18)25-22-11-12-24-23(27-22)26-19-7-9-21(10-8-19)29-16-15-28-13-2-3-14-28/h4-12,17H,2-3,13-16H2,1H3,(H2,24,25,26,27). The van der Waals surface area contributed by atoms with Gasteiger partial charge in [-0.3, -0.25) is 4.90 Å². The number of hydrogen-bond acceptors (Lipinski definition) is 6. The van der Waals surface area contributed by atoms with E-state index in [0.29, 0.717) is 5.95 Å². The van der Waals surface area contributed by atoms with Crippen molar-refractivity contribution < 1.29 is 4.74 Å². The predicted molar refractivity (Wildman–Crippen MR) is 117 cm³/mol. The molecule has 0 saturated carbocycles. The first-order valence-electron chi connectivity index (χ1n) is 10.1. The molecule has 29 heavy (non-hydrogen) atoms. The smallest absolute Gasteiger partial charge is 0.229 e. The molecule has 0 atom stereocenters. The van der Waals surface area contributed by atoms with Crippen molar-refractivity contribution in [2.75, 3.05) is 36.9 Å². The minimum Gasteiger partial charge on any atom is -0.492 e. The molecule has 1 aliphatic heterocycles. The average Bonchev–Trinajstić information content (AvgIpc) is 3.23. The molecular weight excluding hydrogens is 362 g/mol. The lowest BCUT2D eigenvalue weighted by molar-refractivity contribution is 0.238. The zero-order valence-corrected chi connectivity index (χ0v) is 16.8. The summed E-state index contributed by atoms with van der Waals surface area (Å²) in [6, 6.07) is 17.9. The monoisotopic (exact) mass is 389 g/mol. The lowest BCUT2D eigenvalue weighted by Gasteiger charge is -2.15. The molecule has 0 amide bonds. The maximum absolute atomic E-state index is 5.86. The molecule has 2 heterocycles. The van der Waals surface area contributed by atoms with Gasteiger partial charge in [0, 0.05) is 24.1 Å². The van der Waals surface area contributed by atoms with Gasteiger partial charge >= 0.3 is 0 Å². The summed E-state index contributed by atoms with van der Waals surface area (Å²) < 4.78 is 5.86. The van der Waals surface area contributed by atoms with Crippen molar-refractivity contribution in [3.05, 3.63) is 66.4 Å². The fourth-order valence-corrected chi connectivity index (χ4v) is 3.42. The van der Waals surface area contributed by atoms with E-state index in [1.54, 1.807) is 6.20 Å². The van der Waals surface area contributed by atoms with Crippen LogP contribution >= 0.6 is 0 Å². The van der Waals surface area contributed by atoms with Crippen molar-refractivity contribution in [2.45, 2.75) is 19.8 Å². The molecule has 2 N–H and O–H groups in total. The van der Waals surface area contributed by atoms with Gasteiger partial charge in [0.15, 0.2) is 0 Å². The van der Waals surface area contributed by atoms with Crippen molar-refractivity contribution in [1.29, 1.82) is 0 Å². The quantitative estimate of drug-likeness (QED) is 0.580. The minimum atomic E-state index is 0.547. The number of likely N-dealkylation sites (tertiary alicyclic amines) is 1. The number of nitrogens with zero attached hydrogens (tertiary/aromatic N) is 3. The Morgan fingerprint density at radius 3 is 2.59 bits per heavy atom. The highest BCUT2D eigenvalue weighted by Gasteiger charge is 2.10. The van der Waals surface area contributed by atoms with Crippen molar-refractivity contribution in [3.63, 3.8) is 0 Å². The number of rotatable bonds is 8. The number of anilines is 4. The van der Waals surface area contributed by atoms with Gasteiger partial charge in [-0.05, 0) is 80.9 Å². The van der Waals surface area contributed by atoms with Crippen LogP contribution in [0.3, 0.4) is 0 Å². The second kappa shape index (κ2) is 9.39. The molecule has 2 aromatic carbocycles. The van der Waals surface area contributed by atoms with Crippen LogP contribution in [0.2, 0.25) is 0 Å². The molecule has 0 bridgehead atoms. The third-order valence-corrected chi connectivity index (χ3v) is 4.93. The molecule has 6 nitrogen and oxygen atoms in total. The topological polar surface area (TPSA) is 62.3 Å². The zero-order chi connectivity index (χ0) is 19.9. The summed E-state index contributed by atoms with van der Waals surface area (Å²) in [5, 5.41) is 6.55. The first kappa shape index (κ1) is 19.2. The molecular formula is C23H27N5O. The third-order valence-electron chi connectivity index (χ3n) is 4.93. The van der Waals surface area contributed by atoms with Gasteiger partial charge in [0.2, 0.25) is 5.95 Å². The maximum atomic E-state index is 5.86. The molecule has 3 aromatic rings. The predicted octanol–water partition coefficient (Wildman–Crippen LogP) is 4.75. The SMILES string of the molecule is Cc1cccc(Nc2ccnc(Nc3ccc(OCCN4CCCC4)cc3)n2)c1. The van der Waals surface area contributed by atoms with E-state index in [0.717, 1.165) is 36.1 Å². The Bertz CT molecular complexity index is 923. The first-order valence-corrected chi connectivity index (χ1v) is 10.1. The molecule has 1 aromatic heterocycles. The van der Waals surface area contributed by atoms with Gasteiger partial charge in [0.1, 0.15) is 18.2 Å². The molecule has 4 rings (SSSR count). The highest BCUT2D eigenvalue weighted by molar-refractivity contribution is 5.60. The summed E-state index contributed by atoms with van der Waals surface area (Å²) in [6.45, 7) is 6.18. The number of aryl methyl sites for hydroxylation is 1. The average molecular weight is 390 g/mol. The lowest BCUT2D eigenvalue weighted by Crippen LogP contribution is -2.25. The largest absolute Gasteiger partial charge is 0.492 e. The van der Waals surface area contributed by atoms with Crippen LogP contribution in [0.5, 0.6) is 5.75 Å². The molecule has 1 fully saturated rings. The summed E-state index contributed by atoms with van der Waals surface area (Å²) in [5.41, 5.74) is 3.12. The van der Waals surface area contributed by atoms with Gasteiger partial charge in [-0.25, -0.2) is 4.98 Å². The lowest BCUT2D eigenvalue weighted by atomic mass is 10.2. The van der Waals surface area contributed by atoms with Gasteiger partial charge in [-0.15, -0.1) is 0 Å². The molecule has 0 unspecified atom stereocenters. The second-order valence-corrected chi connectivity index (χ2v) is 7.31. The van der Waals surface area contributed by atoms with Gasteiger partial charge in [0.25, 0.3) is 0 Å². The normalized spacial score (nSPS) is 14.0. The van der Waals surface area contributed by atoms with Crippen molar-refractivity contribution in [2.24, 2.45) is 0 Å². The van der Waals surface area contributed by atoms with Crippen LogP contribution in [-0.2, 0) is 0 Å². The summed E-state index contributed by atoms with van der Waals surface area (Å²) in [6.07, 6.45) is 4.36. The summed E-state index contributed by atoms with van der Waals surface area (Å²) in [5.74, 6) is 2.17. The van der Waals surface area contributed by atoms with E-state index in [9.17, 15) is 0 Å². The molecule has 0 radical (unpaired) electrons. The van der Waals surface area contributed by atoms with Crippen LogP contribution < -0.4 is 15.4 Å². The van der Waals surface area contributed by atoms with E-state index < -0.39 is 0 Å². The van der Waals surface area contributed by atoms with Crippen molar-refractivity contribution in [3.8, 4) is 5.75 Å². The Morgan fingerprint density at radius 2 is 1.79 bits per heavy atom. The molecule has 150 valence electrons. The first-order chi connectivity index (χ1) is 14.2. The Balaban J connectivity index is 1.31. The Hall–Kier alpha value is -3.12. The van der Waals surface area contributed by atoms with Crippen LogP contribution in [0.1, 0.15) is 18.4 Å². The van der Waals surface area contributed by atoms with E-state index in [1.807, 2.05) is 42.5 Å². The van der Waals surface area contributed by atoms with Gasteiger partial charge < -0.3 is 15.4 Å². The van der Waals surface area contributed by atoms with E-state index in [4.69, 9.17) is 4.74 Å². The Kier molecular flexibility index (Phi) is 6.22. The number of ether oxygens (including phenoxy) is 1. The number of hydrogen-bond donors (Lipinski definition) is 2. The summed E-state index contributed by atoms with van der Waals surface area (Å²) in [7, 11) is 0. The van der Waals surface area contributed by atoms with Crippen LogP contribution in [0, 0.1) is 6.92 Å². The minimum absolute atomic E-state index is 0.547. The van der Waals surface area contributed by atoms with Crippen LogP contribution in [0.15, 0.2) is 60.8 Å². The fourth-order valence-electron chi connectivity index (χ4n) is 3.42. The Labute approximate surface area is 172 Å². The number of nitrogens with one attached hydrogen (secondary N) is 2. The molecule has 0 aliphatic carbocycles. The van der Waals surface area contributed by atoms with Crippen LogP contribution in [0.4, 0.5) is 23.1 Å². The highest BCUT2D eigenvalue weighted by atomic mass is 16.5. The van der Waals surface area contributed by atoms with Gasteiger partial charge in [0.05, 0.1) is 0 Å². The molecule has 1 saturated heterocycles. The molecule has 1 aliphatic rings. The summed E-state index contributed by atoms with van der Waals surface area (Å²) >= 11 is 0. The number of benzene rings is 2. The van der Waals surface area contributed by atoms with Crippen LogP contribution in [0.25, 0.3) is 0 Å². The maximum Gasteiger partial charge on any atom is 0.229 e. The Morgan fingerprint density at radius 1 is 0.966 bits per heavy atom. The second-order valence-electron chi connectivity index (χ2n) is 7.31. The van der Waals surface area contributed by atoms with E-state index in [-0.39, 0.29) is 0 Å². The van der Waals surface area contributed by atoms with Crippen molar-refractivity contribution in [1.82, 2.24) is 14.9 Å². The zero-order valence-electron chi connectivity index (χ0n) is 16.8. The van der Waals surface area contributed by atoms with Gasteiger partial charge in [-0.1, -0.05) is 12.1 Å². The molecule has 0 spiro atoms.